The van der Waals surface area contributed by atoms with Crippen molar-refractivity contribution >= 4 is 17.5 Å². The lowest BCUT2D eigenvalue weighted by Crippen LogP contribution is -2.56. The quantitative estimate of drug-likeness (QED) is 0.655. The number of nitrogens with zero attached hydrogens (tertiary/aromatic N) is 3. The summed E-state index contributed by atoms with van der Waals surface area (Å²) >= 11 is 0. The number of carbonyl (C=O) groups is 1. The van der Waals surface area contributed by atoms with Gasteiger partial charge in [-0.2, -0.15) is 0 Å². The van der Waals surface area contributed by atoms with Crippen molar-refractivity contribution in [3.8, 4) is 5.75 Å². The number of amides is 1. The molecule has 1 amide bonds. The number of anilines is 2. The molecule has 6 heteroatoms. The second-order valence-corrected chi connectivity index (χ2v) is 7.56. The maximum Gasteiger partial charge on any atom is 0.429 e. The highest BCUT2D eigenvalue weighted by Crippen LogP contribution is 2.31. The van der Waals surface area contributed by atoms with Gasteiger partial charge in [-0.15, -0.1) is 0 Å². The first-order valence-electron chi connectivity index (χ1n) is 10.8. The minimum Gasteiger partial charge on any atom is -0.492 e. The minimum atomic E-state index is -0.357. The standard InChI is InChI=1S/C24H33N3O3/c1-5-17-30-24(28)27(21-9-7-8-10-23(21)29-6-2)26-15-13-25(14-16-26)22-18-19(3)11-12-20(22)4/h7-12,18H,5-6,13-17H2,1-4H3. The molecule has 1 saturated heterocycles. The Bertz CT molecular complexity index is 847. The molecule has 1 heterocycles. The van der Waals surface area contributed by atoms with Crippen LogP contribution in [0.1, 0.15) is 31.4 Å². The van der Waals surface area contributed by atoms with E-state index in [9.17, 15) is 4.79 Å². The van der Waals surface area contributed by atoms with E-state index in [0.717, 1.165) is 38.3 Å². The number of piperazine rings is 1. The SMILES string of the molecule is CCCOC(=O)N(c1ccccc1OCC)N1CCN(c2cc(C)ccc2C)CC1. The van der Waals surface area contributed by atoms with Crippen molar-refractivity contribution < 1.29 is 14.3 Å². The van der Waals surface area contributed by atoms with Gasteiger partial charge >= 0.3 is 6.09 Å². The first-order chi connectivity index (χ1) is 14.5. The molecule has 162 valence electrons. The third-order valence-electron chi connectivity index (χ3n) is 5.24. The topological polar surface area (TPSA) is 45.2 Å². The Balaban J connectivity index is 1.82. The van der Waals surface area contributed by atoms with E-state index in [-0.39, 0.29) is 6.09 Å². The van der Waals surface area contributed by atoms with Crippen molar-refractivity contribution in [2.45, 2.75) is 34.1 Å². The second-order valence-electron chi connectivity index (χ2n) is 7.56. The van der Waals surface area contributed by atoms with Crippen LogP contribution in [-0.4, -0.2) is 50.5 Å². The number of rotatable bonds is 7. The molecule has 0 saturated carbocycles. The Morgan fingerprint density at radius 3 is 2.47 bits per heavy atom. The van der Waals surface area contributed by atoms with Gasteiger partial charge in [-0.3, -0.25) is 0 Å². The summed E-state index contributed by atoms with van der Waals surface area (Å²) in [5.74, 6) is 0.686. The Kier molecular flexibility index (Phi) is 7.57. The largest absolute Gasteiger partial charge is 0.492 e. The van der Waals surface area contributed by atoms with E-state index in [2.05, 4.69) is 42.0 Å². The maximum atomic E-state index is 13.0. The number of hydrogen-bond donors (Lipinski definition) is 0. The number of benzene rings is 2. The molecule has 0 atom stereocenters. The van der Waals surface area contributed by atoms with Crippen LogP contribution in [0.25, 0.3) is 0 Å². The normalized spacial score (nSPS) is 14.5. The van der Waals surface area contributed by atoms with Crippen LogP contribution in [-0.2, 0) is 4.74 Å². The molecule has 2 aromatic carbocycles. The van der Waals surface area contributed by atoms with Gasteiger partial charge in [0.1, 0.15) is 11.4 Å². The van der Waals surface area contributed by atoms with Crippen LogP contribution in [0.2, 0.25) is 0 Å². The summed E-state index contributed by atoms with van der Waals surface area (Å²) in [4.78, 5) is 15.4. The fourth-order valence-electron chi connectivity index (χ4n) is 3.72. The molecule has 0 N–H and O–H groups in total. The predicted octanol–water partition coefficient (Wildman–Crippen LogP) is 4.79. The number of para-hydroxylation sites is 2. The minimum absolute atomic E-state index is 0.357. The van der Waals surface area contributed by atoms with Gasteiger partial charge < -0.3 is 14.4 Å². The molecule has 30 heavy (non-hydrogen) atoms. The summed E-state index contributed by atoms with van der Waals surface area (Å²) in [7, 11) is 0. The maximum absolute atomic E-state index is 13.0. The van der Waals surface area contributed by atoms with E-state index < -0.39 is 0 Å². The molecular formula is C24H33N3O3. The van der Waals surface area contributed by atoms with Crippen LogP contribution in [0.15, 0.2) is 42.5 Å². The highest BCUT2D eigenvalue weighted by Gasteiger charge is 2.30. The smallest absolute Gasteiger partial charge is 0.429 e. The molecule has 2 aromatic rings. The highest BCUT2D eigenvalue weighted by atomic mass is 16.6. The molecule has 0 aromatic heterocycles. The van der Waals surface area contributed by atoms with Crippen molar-refractivity contribution in [3.05, 3.63) is 53.6 Å². The number of carbonyl (C=O) groups excluding carboxylic acids is 1. The number of ether oxygens (including phenoxy) is 2. The molecule has 1 fully saturated rings. The van der Waals surface area contributed by atoms with Crippen LogP contribution in [0.4, 0.5) is 16.2 Å². The van der Waals surface area contributed by atoms with E-state index in [0.29, 0.717) is 19.0 Å². The highest BCUT2D eigenvalue weighted by molar-refractivity contribution is 5.88. The summed E-state index contributed by atoms with van der Waals surface area (Å²) < 4.78 is 11.3. The second kappa shape index (κ2) is 10.3. The van der Waals surface area contributed by atoms with Gasteiger partial charge in [0, 0.05) is 31.9 Å². The summed E-state index contributed by atoms with van der Waals surface area (Å²) in [5, 5.41) is 3.72. The molecule has 0 unspecified atom stereocenters. The summed E-state index contributed by atoms with van der Waals surface area (Å²) in [5.41, 5.74) is 4.52. The zero-order valence-corrected chi connectivity index (χ0v) is 18.6. The van der Waals surface area contributed by atoms with Crippen molar-refractivity contribution in [3.63, 3.8) is 0 Å². The zero-order chi connectivity index (χ0) is 21.5. The van der Waals surface area contributed by atoms with Crippen LogP contribution < -0.4 is 14.6 Å². The van der Waals surface area contributed by atoms with Gasteiger partial charge in [0.2, 0.25) is 0 Å². The third kappa shape index (κ3) is 5.05. The van der Waals surface area contributed by atoms with Gasteiger partial charge in [-0.1, -0.05) is 31.2 Å². The number of hydrogen-bond acceptors (Lipinski definition) is 5. The van der Waals surface area contributed by atoms with Crippen LogP contribution in [0.5, 0.6) is 5.75 Å². The molecule has 6 nitrogen and oxygen atoms in total. The fraction of sp³-hybridized carbons (Fsp3) is 0.458. The zero-order valence-electron chi connectivity index (χ0n) is 18.6. The van der Waals surface area contributed by atoms with Crippen molar-refractivity contribution in [2.75, 3.05) is 49.3 Å². The van der Waals surface area contributed by atoms with Crippen LogP contribution >= 0.6 is 0 Å². The number of hydrazine groups is 1. The van der Waals surface area contributed by atoms with Gasteiger partial charge in [0.25, 0.3) is 0 Å². The molecule has 0 radical (unpaired) electrons. The third-order valence-corrected chi connectivity index (χ3v) is 5.24. The van der Waals surface area contributed by atoms with Crippen LogP contribution in [0.3, 0.4) is 0 Å². The number of aryl methyl sites for hydroxylation is 2. The van der Waals surface area contributed by atoms with Gasteiger partial charge in [-0.25, -0.2) is 14.8 Å². The van der Waals surface area contributed by atoms with E-state index in [1.165, 1.54) is 16.8 Å². The lowest BCUT2D eigenvalue weighted by molar-refractivity contribution is 0.126. The monoisotopic (exact) mass is 411 g/mol. The Morgan fingerprint density at radius 1 is 1.03 bits per heavy atom. The first kappa shape index (κ1) is 22.0. The lowest BCUT2D eigenvalue weighted by Gasteiger charge is -2.41. The van der Waals surface area contributed by atoms with E-state index in [4.69, 9.17) is 9.47 Å². The van der Waals surface area contributed by atoms with Crippen LogP contribution in [0, 0.1) is 13.8 Å². The molecule has 3 rings (SSSR count). The molecule has 1 aliphatic rings. The van der Waals surface area contributed by atoms with Gasteiger partial charge in [0.05, 0.1) is 13.2 Å². The van der Waals surface area contributed by atoms with Crippen molar-refractivity contribution in [2.24, 2.45) is 0 Å². The average molecular weight is 412 g/mol. The summed E-state index contributed by atoms with van der Waals surface area (Å²) in [6.07, 6.45) is 0.428. The summed E-state index contributed by atoms with van der Waals surface area (Å²) in [6, 6.07) is 14.2. The van der Waals surface area contributed by atoms with E-state index in [1.807, 2.05) is 38.1 Å². The Morgan fingerprint density at radius 2 is 1.77 bits per heavy atom. The van der Waals surface area contributed by atoms with E-state index >= 15 is 0 Å². The average Bonchev–Trinajstić information content (AvgIpc) is 2.76. The molecule has 0 aliphatic carbocycles. The Labute approximate surface area is 180 Å². The van der Waals surface area contributed by atoms with Gasteiger partial charge in [0.15, 0.2) is 0 Å². The molecule has 0 bridgehead atoms. The molecule has 1 aliphatic heterocycles. The van der Waals surface area contributed by atoms with Crippen molar-refractivity contribution in [1.82, 2.24) is 5.01 Å². The van der Waals surface area contributed by atoms with Crippen molar-refractivity contribution in [1.29, 1.82) is 0 Å². The summed E-state index contributed by atoms with van der Waals surface area (Å²) in [6.45, 7) is 12.2. The molecular weight excluding hydrogens is 378 g/mol. The lowest BCUT2D eigenvalue weighted by atomic mass is 10.1. The Hall–Kier alpha value is -2.73. The molecule has 0 spiro atoms. The first-order valence-corrected chi connectivity index (χ1v) is 10.8. The van der Waals surface area contributed by atoms with E-state index in [1.54, 1.807) is 5.01 Å². The fourth-order valence-corrected chi connectivity index (χ4v) is 3.72. The van der Waals surface area contributed by atoms with Gasteiger partial charge in [-0.05, 0) is 56.5 Å². The predicted molar refractivity (Wildman–Crippen MR) is 121 cm³/mol.